The normalized spacial score (nSPS) is 16.2. The van der Waals surface area contributed by atoms with Gasteiger partial charge in [0.05, 0.1) is 7.11 Å². The number of hydrogen-bond acceptors (Lipinski definition) is 4. The number of rotatable bonds is 6. The highest BCUT2D eigenvalue weighted by atomic mass is 35.5. The zero-order valence-corrected chi connectivity index (χ0v) is 17.7. The van der Waals surface area contributed by atoms with E-state index in [0.717, 1.165) is 31.5 Å². The van der Waals surface area contributed by atoms with E-state index in [2.05, 4.69) is 5.32 Å². The van der Waals surface area contributed by atoms with E-state index in [-0.39, 0.29) is 18.3 Å². The molecular weight excluding hydrogens is 399 g/mol. The minimum absolute atomic E-state index is 0. The molecule has 1 N–H and O–H groups in total. The summed E-state index contributed by atoms with van der Waals surface area (Å²) in [5.41, 5.74) is 1.62. The summed E-state index contributed by atoms with van der Waals surface area (Å²) in [6.45, 7) is 1.91. The SMILES string of the molecule is CNC1CCCN(C(=O)c2ccc(OCc3ccc(Cl)cc3)c(OC)c2)C1.Cl. The number of likely N-dealkylation sites (tertiary alicyclic amines) is 1. The van der Waals surface area contributed by atoms with Gasteiger partial charge in [0, 0.05) is 29.7 Å². The molecule has 1 aliphatic rings. The fourth-order valence-corrected chi connectivity index (χ4v) is 3.37. The molecule has 0 aliphatic carbocycles. The first-order valence-electron chi connectivity index (χ1n) is 9.12. The van der Waals surface area contributed by atoms with Crippen LogP contribution in [-0.4, -0.2) is 44.1 Å². The van der Waals surface area contributed by atoms with Gasteiger partial charge >= 0.3 is 0 Å². The number of piperidine rings is 1. The van der Waals surface area contributed by atoms with Crippen LogP contribution in [0.2, 0.25) is 5.02 Å². The van der Waals surface area contributed by atoms with Crippen LogP contribution in [0, 0.1) is 0 Å². The molecule has 1 aliphatic heterocycles. The van der Waals surface area contributed by atoms with E-state index >= 15 is 0 Å². The van der Waals surface area contributed by atoms with Gasteiger partial charge < -0.3 is 19.7 Å². The topological polar surface area (TPSA) is 50.8 Å². The second-order valence-corrected chi connectivity index (χ2v) is 7.10. The quantitative estimate of drug-likeness (QED) is 0.755. The van der Waals surface area contributed by atoms with Gasteiger partial charge in [0.25, 0.3) is 5.91 Å². The molecule has 152 valence electrons. The van der Waals surface area contributed by atoms with Crippen molar-refractivity contribution in [1.29, 1.82) is 0 Å². The minimum atomic E-state index is 0. The average Bonchev–Trinajstić information content (AvgIpc) is 2.72. The van der Waals surface area contributed by atoms with Crippen LogP contribution in [0.25, 0.3) is 0 Å². The van der Waals surface area contributed by atoms with Gasteiger partial charge in [0.15, 0.2) is 11.5 Å². The summed E-state index contributed by atoms with van der Waals surface area (Å²) in [6, 6.07) is 13.2. The van der Waals surface area contributed by atoms with Crippen molar-refractivity contribution >= 4 is 29.9 Å². The highest BCUT2D eigenvalue weighted by Gasteiger charge is 2.24. The lowest BCUT2D eigenvalue weighted by molar-refractivity contribution is 0.0697. The van der Waals surface area contributed by atoms with Gasteiger partial charge in [-0.05, 0) is 55.8 Å². The van der Waals surface area contributed by atoms with Gasteiger partial charge in [-0.15, -0.1) is 12.4 Å². The van der Waals surface area contributed by atoms with E-state index in [9.17, 15) is 4.79 Å². The Balaban J connectivity index is 0.00000280. The molecule has 1 heterocycles. The number of halogens is 2. The molecule has 3 rings (SSSR count). The summed E-state index contributed by atoms with van der Waals surface area (Å²) in [6.07, 6.45) is 2.11. The molecule has 5 nitrogen and oxygen atoms in total. The number of nitrogens with zero attached hydrogens (tertiary/aromatic N) is 1. The first-order chi connectivity index (χ1) is 13.1. The Labute approximate surface area is 177 Å². The van der Waals surface area contributed by atoms with Crippen molar-refractivity contribution in [2.45, 2.75) is 25.5 Å². The van der Waals surface area contributed by atoms with Crippen LogP contribution < -0.4 is 14.8 Å². The fourth-order valence-electron chi connectivity index (χ4n) is 3.24. The van der Waals surface area contributed by atoms with Gasteiger partial charge in [-0.1, -0.05) is 23.7 Å². The maximum atomic E-state index is 12.8. The molecule has 2 aromatic carbocycles. The van der Waals surface area contributed by atoms with Crippen LogP contribution in [-0.2, 0) is 6.61 Å². The highest BCUT2D eigenvalue weighted by molar-refractivity contribution is 6.30. The summed E-state index contributed by atoms with van der Waals surface area (Å²) in [7, 11) is 3.52. The van der Waals surface area contributed by atoms with Crippen LogP contribution in [0.1, 0.15) is 28.8 Å². The second kappa shape index (κ2) is 10.6. The number of carbonyl (C=O) groups is 1. The third-order valence-electron chi connectivity index (χ3n) is 4.84. The zero-order valence-electron chi connectivity index (χ0n) is 16.1. The molecule has 0 radical (unpaired) electrons. The molecule has 1 unspecified atom stereocenters. The number of methoxy groups -OCH3 is 1. The fraction of sp³-hybridized carbons (Fsp3) is 0.381. The van der Waals surface area contributed by atoms with E-state index < -0.39 is 0 Å². The average molecular weight is 425 g/mol. The minimum Gasteiger partial charge on any atom is -0.493 e. The molecule has 0 spiro atoms. The van der Waals surface area contributed by atoms with Crippen LogP contribution in [0.5, 0.6) is 11.5 Å². The Morgan fingerprint density at radius 3 is 2.64 bits per heavy atom. The predicted octanol–water partition coefficient (Wildman–Crippen LogP) is 4.17. The Morgan fingerprint density at radius 1 is 1.21 bits per heavy atom. The zero-order chi connectivity index (χ0) is 19.2. The Kier molecular flexibility index (Phi) is 8.42. The number of likely N-dealkylation sites (N-methyl/N-ethyl adjacent to an activating group) is 1. The first kappa shape index (κ1) is 22.3. The maximum absolute atomic E-state index is 12.8. The maximum Gasteiger partial charge on any atom is 0.254 e. The smallest absolute Gasteiger partial charge is 0.254 e. The number of carbonyl (C=O) groups excluding carboxylic acids is 1. The van der Waals surface area contributed by atoms with Crippen molar-refractivity contribution in [1.82, 2.24) is 10.2 Å². The second-order valence-electron chi connectivity index (χ2n) is 6.66. The molecule has 0 bridgehead atoms. The van der Waals surface area contributed by atoms with Crippen molar-refractivity contribution in [3.63, 3.8) is 0 Å². The van der Waals surface area contributed by atoms with E-state index in [1.54, 1.807) is 25.3 Å². The molecule has 1 amide bonds. The summed E-state index contributed by atoms with van der Waals surface area (Å²) < 4.78 is 11.3. The monoisotopic (exact) mass is 424 g/mol. The van der Waals surface area contributed by atoms with E-state index in [0.29, 0.717) is 34.7 Å². The molecule has 1 atom stereocenters. The van der Waals surface area contributed by atoms with Gasteiger partial charge in [0.2, 0.25) is 0 Å². The van der Waals surface area contributed by atoms with Crippen LogP contribution >= 0.6 is 24.0 Å². The summed E-state index contributed by atoms with van der Waals surface area (Å²) in [5.74, 6) is 1.19. The Hall–Kier alpha value is -1.95. The molecular formula is C21H26Cl2N2O3. The molecule has 0 aromatic heterocycles. The largest absolute Gasteiger partial charge is 0.493 e. The lowest BCUT2D eigenvalue weighted by Gasteiger charge is -2.32. The van der Waals surface area contributed by atoms with Crippen molar-refractivity contribution in [2.75, 3.05) is 27.2 Å². The van der Waals surface area contributed by atoms with Gasteiger partial charge in [-0.25, -0.2) is 0 Å². The van der Waals surface area contributed by atoms with Crippen LogP contribution in [0.15, 0.2) is 42.5 Å². The number of nitrogens with one attached hydrogen (secondary N) is 1. The molecule has 0 saturated carbocycles. The van der Waals surface area contributed by atoms with Crippen LogP contribution in [0.3, 0.4) is 0 Å². The molecule has 1 saturated heterocycles. The Bertz CT molecular complexity index is 784. The Morgan fingerprint density at radius 2 is 1.96 bits per heavy atom. The van der Waals surface area contributed by atoms with Gasteiger partial charge in [-0.3, -0.25) is 4.79 Å². The van der Waals surface area contributed by atoms with E-state index in [1.165, 1.54) is 0 Å². The third-order valence-corrected chi connectivity index (χ3v) is 5.09. The lowest BCUT2D eigenvalue weighted by Crippen LogP contribution is -2.46. The van der Waals surface area contributed by atoms with Crippen molar-refractivity contribution in [3.8, 4) is 11.5 Å². The van der Waals surface area contributed by atoms with Crippen molar-refractivity contribution in [2.24, 2.45) is 0 Å². The standard InChI is InChI=1S/C21H25ClN2O3.ClH/c1-23-18-4-3-11-24(13-18)21(25)16-7-10-19(20(12-16)26-2)27-14-15-5-8-17(22)9-6-15;/h5-10,12,18,23H,3-4,11,13-14H2,1-2H3;1H. The van der Waals surface area contributed by atoms with Crippen molar-refractivity contribution in [3.05, 3.63) is 58.6 Å². The molecule has 28 heavy (non-hydrogen) atoms. The van der Waals surface area contributed by atoms with E-state index in [4.69, 9.17) is 21.1 Å². The number of hydrogen-bond donors (Lipinski definition) is 1. The van der Waals surface area contributed by atoms with Gasteiger partial charge in [-0.2, -0.15) is 0 Å². The number of amides is 1. The number of ether oxygens (including phenoxy) is 2. The first-order valence-corrected chi connectivity index (χ1v) is 9.50. The summed E-state index contributed by atoms with van der Waals surface area (Å²) in [5, 5.41) is 3.95. The number of benzene rings is 2. The van der Waals surface area contributed by atoms with E-state index in [1.807, 2.05) is 36.2 Å². The molecule has 1 fully saturated rings. The van der Waals surface area contributed by atoms with Gasteiger partial charge in [0.1, 0.15) is 6.61 Å². The highest BCUT2D eigenvalue weighted by Crippen LogP contribution is 2.30. The molecule has 2 aromatic rings. The lowest BCUT2D eigenvalue weighted by atomic mass is 10.0. The van der Waals surface area contributed by atoms with Crippen molar-refractivity contribution < 1.29 is 14.3 Å². The third kappa shape index (κ3) is 5.53. The summed E-state index contributed by atoms with van der Waals surface area (Å²) in [4.78, 5) is 14.7. The molecule has 7 heteroatoms. The summed E-state index contributed by atoms with van der Waals surface area (Å²) >= 11 is 5.91. The predicted molar refractivity (Wildman–Crippen MR) is 114 cm³/mol. The van der Waals surface area contributed by atoms with Crippen LogP contribution in [0.4, 0.5) is 0 Å².